The van der Waals surface area contributed by atoms with Gasteiger partial charge in [-0.05, 0) is 12.0 Å². The predicted octanol–water partition coefficient (Wildman–Crippen LogP) is 3.14. The summed E-state index contributed by atoms with van der Waals surface area (Å²) in [5.74, 6) is 0.698. The van der Waals surface area contributed by atoms with Crippen LogP contribution in [0.2, 0.25) is 0 Å². The van der Waals surface area contributed by atoms with Crippen LogP contribution in [0.5, 0.6) is 0 Å². The second kappa shape index (κ2) is 6.25. The summed E-state index contributed by atoms with van der Waals surface area (Å²) in [4.78, 5) is 0. The van der Waals surface area contributed by atoms with E-state index >= 15 is 0 Å². The number of hydrogen-bond acceptors (Lipinski definition) is 2. The molecule has 82 valence electrons. The van der Waals surface area contributed by atoms with Crippen molar-refractivity contribution in [2.75, 3.05) is 7.11 Å². The molecule has 1 unspecified atom stereocenters. The van der Waals surface area contributed by atoms with Crippen LogP contribution < -0.4 is 0 Å². The maximum Gasteiger partial charge on any atom is 0.118 e. The lowest BCUT2D eigenvalue weighted by Gasteiger charge is -2.17. The van der Waals surface area contributed by atoms with Gasteiger partial charge in [-0.2, -0.15) is 0 Å². The Kier molecular flexibility index (Phi) is 4.91. The molecule has 0 saturated carbocycles. The highest BCUT2D eigenvalue weighted by atomic mass is 16.5. The third kappa shape index (κ3) is 3.76. The first-order valence-electron chi connectivity index (χ1n) is 5.16. The molecule has 0 aliphatic rings. The smallest absolute Gasteiger partial charge is 0.118 e. The molecule has 0 saturated heterocycles. The van der Waals surface area contributed by atoms with Gasteiger partial charge in [0.05, 0.1) is 0 Å². The minimum absolute atomic E-state index is 0.00582. The zero-order valence-corrected chi connectivity index (χ0v) is 9.40. The van der Waals surface area contributed by atoms with Crippen molar-refractivity contribution in [1.29, 1.82) is 0 Å². The van der Waals surface area contributed by atoms with Crippen LogP contribution >= 0.6 is 0 Å². The van der Waals surface area contributed by atoms with E-state index in [1.165, 1.54) is 0 Å². The molecule has 0 aliphatic heterocycles. The van der Waals surface area contributed by atoms with Crippen molar-refractivity contribution in [3.8, 4) is 0 Å². The molecule has 0 N–H and O–H groups in total. The summed E-state index contributed by atoms with van der Waals surface area (Å²) in [7, 11) is 1.67. The van der Waals surface area contributed by atoms with Gasteiger partial charge in [0.2, 0.25) is 0 Å². The number of hydrogen-bond donors (Lipinski definition) is 0. The monoisotopic (exact) mass is 206 g/mol. The Bertz CT molecular complexity index is 289. The Morgan fingerprint density at radius 3 is 2.53 bits per heavy atom. The zero-order chi connectivity index (χ0) is 11.1. The molecule has 1 atom stereocenters. The lowest BCUT2D eigenvalue weighted by atomic mass is 10.2. The summed E-state index contributed by atoms with van der Waals surface area (Å²) in [5.41, 5.74) is 1.14. The standard InChI is InChI=1S/C13H18O2/c1-4-13(14-3)11(2)15-10-12-8-6-5-7-9-12/h5-9,13H,2,4,10H2,1,3H3. The van der Waals surface area contributed by atoms with Crippen molar-refractivity contribution in [3.05, 3.63) is 48.2 Å². The second-order valence-corrected chi connectivity index (χ2v) is 3.37. The lowest BCUT2D eigenvalue weighted by Crippen LogP contribution is -2.13. The number of ether oxygens (including phenoxy) is 2. The van der Waals surface area contributed by atoms with Gasteiger partial charge in [-0.25, -0.2) is 0 Å². The minimum Gasteiger partial charge on any atom is -0.491 e. The lowest BCUT2D eigenvalue weighted by molar-refractivity contribution is 0.0568. The van der Waals surface area contributed by atoms with E-state index in [1.54, 1.807) is 7.11 Å². The van der Waals surface area contributed by atoms with Gasteiger partial charge < -0.3 is 9.47 Å². The van der Waals surface area contributed by atoms with Crippen LogP contribution in [0.3, 0.4) is 0 Å². The van der Waals surface area contributed by atoms with Gasteiger partial charge in [-0.3, -0.25) is 0 Å². The number of benzene rings is 1. The van der Waals surface area contributed by atoms with Crippen molar-refractivity contribution in [2.45, 2.75) is 26.1 Å². The van der Waals surface area contributed by atoms with Gasteiger partial charge in [0.1, 0.15) is 18.5 Å². The third-order valence-corrected chi connectivity index (χ3v) is 2.28. The molecule has 0 aliphatic carbocycles. The van der Waals surface area contributed by atoms with Crippen molar-refractivity contribution in [2.24, 2.45) is 0 Å². The molecule has 0 spiro atoms. The molecule has 1 aromatic carbocycles. The Morgan fingerprint density at radius 1 is 1.33 bits per heavy atom. The van der Waals surface area contributed by atoms with Crippen LogP contribution in [0, 0.1) is 0 Å². The molecule has 2 heteroatoms. The minimum atomic E-state index is -0.00582. The van der Waals surface area contributed by atoms with Gasteiger partial charge in [0.15, 0.2) is 0 Å². The van der Waals surface area contributed by atoms with E-state index < -0.39 is 0 Å². The first kappa shape index (κ1) is 11.8. The van der Waals surface area contributed by atoms with Crippen molar-refractivity contribution < 1.29 is 9.47 Å². The Balaban J connectivity index is 2.40. The van der Waals surface area contributed by atoms with Gasteiger partial charge >= 0.3 is 0 Å². The van der Waals surface area contributed by atoms with Crippen LogP contribution in [0.4, 0.5) is 0 Å². The fraction of sp³-hybridized carbons (Fsp3) is 0.385. The van der Waals surface area contributed by atoms with Crippen LogP contribution in [0.15, 0.2) is 42.7 Å². The summed E-state index contributed by atoms with van der Waals surface area (Å²) in [5, 5.41) is 0. The molecule has 0 radical (unpaired) electrons. The largest absolute Gasteiger partial charge is 0.491 e. The highest BCUT2D eigenvalue weighted by Gasteiger charge is 2.09. The van der Waals surface area contributed by atoms with Gasteiger partial charge in [0, 0.05) is 7.11 Å². The fourth-order valence-corrected chi connectivity index (χ4v) is 1.37. The van der Waals surface area contributed by atoms with Crippen molar-refractivity contribution >= 4 is 0 Å². The summed E-state index contributed by atoms with van der Waals surface area (Å²) < 4.78 is 10.8. The molecular weight excluding hydrogens is 188 g/mol. The molecule has 2 nitrogen and oxygen atoms in total. The highest BCUT2D eigenvalue weighted by Crippen LogP contribution is 2.12. The average molecular weight is 206 g/mol. The summed E-state index contributed by atoms with van der Waals surface area (Å²) in [6.07, 6.45) is 0.873. The summed E-state index contributed by atoms with van der Waals surface area (Å²) in [6, 6.07) is 10.0. The topological polar surface area (TPSA) is 18.5 Å². The van der Waals surface area contributed by atoms with Crippen molar-refractivity contribution in [1.82, 2.24) is 0 Å². The van der Waals surface area contributed by atoms with Gasteiger partial charge in [0.25, 0.3) is 0 Å². The third-order valence-electron chi connectivity index (χ3n) is 2.28. The van der Waals surface area contributed by atoms with Gasteiger partial charge in [-0.1, -0.05) is 43.8 Å². The molecule has 0 heterocycles. The number of rotatable bonds is 6. The zero-order valence-electron chi connectivity index (χ0n) is 9.40. The van der Waals surface area contributed by atoms with E-state index in [0.717, 1.165) is 12.0 Å². The normalized spacial score (nSPS) is 12.1. The average Bonchev–Trinajstić information content (AvgIpc) is 2.29. The molecular formula is C13H18O2. The Morgan fingerprint density at radius 2 is 2.00 bits per heavy atom. The molecule has 0 amide bonds. The van der Waals surface area contributed by atoms with Crippen molar-refractivity contribution in [3.63, 3.8) is 0 Å². The Labute approximate surface area is 91.5 Å². The number of methoxy groups -OCH3 is 1. The van der Waals surface area contributed by atoms with E-state index in [0.29, 0.717) is 12.4 Å². The molecule has 0 aromatic heterocycles. The quantitative estimate of drug-likeness (QED) is 0.666. The fourth-order valence-electron chi connectivity index (χ4n) is 1.37. The molecule has 0 bridgehead atoms. The Hall–Kier alpha value is -1.28. The van der Waals surface area contributed by atoms with Crippen LogP contribution in [0.1, 0.15) is 18.9 Å². The summed E-state index contributed by atoms with van der Waals surface area (Å²) in [6.45, 7) is 6.47. The predicted molar refractivity (Wildman–Crippen MR) is 61.5 cm³/mol. The summed E-state index contributed by atoms with van der Waals surface area (Å²) >= 11 is 0. The maximum absolute atomic E-state index is 5.55. The SMILES string of the molecule is C=C(OCc1ccccc1)C(CC)OC. The molecule has 0 fully saturated rings. The van der Waals surface area contributed by atoms with Crippen LogP contribution in [-0.2, 0) is 16.1 Å². The highest BCUT2D eigenvalue weighted by molar-refractivity contribution is 5.13. The van der Waals surface area contributed by atoms with Crippen LogP contribution in [-0.4, -0.2) is 13.2 Å². The first-order valence-corrected chi connectivity index (χ1v) is 5.16. The van der Waals surface area contributed by atoms with Gasteiger partial charge in [-0.15, -0.1) is 0 Å². The van der Waals surface area contributed by atoms with E-state index in [9.17, 15) is 0 Å². The van der Waals surface area contributed by atoms with E-state index in [-0.39, 0.29) is 6.10 Å². The van der Waals surface area contributed by atoms with Crippen LogP contribution in [0.25, 0.3) is 0 Å². The van der Waals surface area contributed by atoms with E-state index in [2.05, 4.69) is 6.58 Å². The van der Waals surface area contributed by atoms with E-state index in [1.807, 2.05) is 37.3 Å². The first-order chi connectivity index (χ1) is 7.27. The maximum atomic E-state index is 5.55. The molecule has 15 heavy (non-hydrogen) atoms. The molecule has 1 aromatic rings. The molecule has 1 rings (SSSR count). The van der Waals surface area contributed by atoms with E-state index in [4.69, 9.17) is 9.47 Å². The second-order valence-electron chi connectivity index (χ2n) is 3.37.